The minimum atomic E-state index is -0.601. The molecule has 0 bridgehead atoms. The molecule has 19 heavy (non-hydrogen) atoms. The van der Waals surface area contributed by atoms with Crippen LogP contribution < -0.4 is 0 Å². The SMILES string of the molecule is C[C@@H](C(=O)OC(C)(C)C)N(C)C(=O)/C=C/CN(C)C. The Labute approximate surface area is 116 Å². The molecule has 0 saturated carbocycles. The molecule has 0 heterocycles. The molecule has 1 atom stereocenters. The van der Waals surface area contributed by atoms with E-state index in [2.05, 4.69) is 0 Å². The number of hydrogen-bond donors (Lipinski definition) is 0. The van der Waals surface area contributed by atoms with Gasteiger partial charge in [0, 0.05) is 19.7 Å². The van der Waals surface area contributed by atoms with Crippen molar-refractivity contribution in [3.8, 4) is 0 Å². The van der Waals surface area contributed by atoms with Gasteiger partial charge >= 0.3 is 5.97 Å². The van der Waals surface area contributed by atoms with Crippen molar-refractivity contribution in [2.24, 2.45) is 0 Å². The molecule has 0 spiro atoms. The summed E-state index contributed by atoms with van der Waals surface area (Å²) in [4.78, 5) is 27.0. The first kappa shape index (κ1) is 17.6. The van der Waals surface area contributed by atoms with Crippen LogP contribution in [0.1, 0.15) is 27.7 Å². The summed E-state index contributed by atoms with van der Waals surface area (Å²) in [5.74, 6) is -0.607. The van der Waals surface area contributed by atoms with Crippen LogP contribution in [0.4, 0.5) is 0 Å². The number of amides is 1. The molecule has 0 radical (unpaired) electrons. The molecular formula is C14H26N2O3. The van der Waals surface area contributed by atoms with Gasteiger partial charge in [-0.3, -0.25) is 4.79 Å². The van der Waals surface area contributed by atoms with Crippen LogP contribution >= 0.6 is 0 Å². The number of esters is 1. The van der Waals surface area contributed by atoms with Gasteiger partial charge in [-0.05, 0) is 41.8 Å². The molecule has 0 aliphatic heterocycles. The molecule has 0 saturated heterocycles. The van der Waals surface area contributed by atoms with Gasteiger partial charge in [0.1, 0.15) is 11.6 Å². The fourth-order valence-electron chi connectivity index (χ4n) is 1.22. The average molecular weight is 270 g/mol. The summed E-state index contributed by atoms with van der Waals surface area (Å²) < 4.78 is 5.25. The van der Waals surface area contributed by atoms with Gasteiger partial charge in [0.2, 0.25) is 5.91 Å². The molecule has 0 aromatic heterocycles. The maximum absolute atomic E-state index is 11.8. The molecule has 0 unspecified atom stereocenters. The van der Waals surface area contributed by atoms with E-state index in [1.807, 2.05) is 19.0 Å². The summed E-state index contributed by atoms with van der Waals surface area (Å²) in [6.07, 6.45) is 3.24. The predicted molar refractivity (Wildman–Crippen MR) is 75.8 cm³/mol. The van der Waals surface area contributed by atoms with Gasteiger partial charge < -0.3 is 14.5 Å². The van der Waals surface area contributed by atoms with Crippen LogP contribution in [0.25, 0.3) is 0 Å². The quantitative estimate of drug-likeness (QED) is 0.558. The molecule has 0 aliphatic rings. The van der Waals surface area contributed by atoms with E-state index in [1.165, 1.54) is 11.0 Å². The zero-order valence-electron chi connectivity index (χ0n) is 13.1. The minimum absolute atomic E-state index is 0.208. The van der Waals surface area contributed by atoms with E-state index in [4.69, 9.17) is 4.74 Å². The topological polar surface area (TPSA) is 49.9 Å². The highest BCUT2D eigenvalue weighted by molar-refractivity contribution is 5.91. The zero-order valence-corrected chi connectivity index (χ0v) is 13.1. The van der Waals surface area contributed by atoms with Crippen molar-refractivity contribution in [3.63, 3.8) is 0 Å². The highest BCUT2D eigenvalue weighted by Gasteiger charge is 2.26. The first-order chi connectivity index (χ1) is 8.54. The summed E-state index contributed by atoms with van der Waals surface area (Å²) in [5.41, 5.74) is -0.546. The fourth-order valence-corrected chi connectivity index (χ4v) is 1.22. The maximum Gasteiger partial charge on any atom is 0.329 e. The molecule has 110 valence electrons. The van der Waals surface area contributed by atoms with Gasteiger partial charge in [0.15, 0.2) is 0 Å². The van der Waals surface area contributed by atoms with Crippen LogP contribution in [0.3, 0.4) is 0 Å². The predicted octanol–water partition coefficient (Wildman–Crippen LogP) is 1.29. The highest BCUT2D eigenvalue weighted by Crippen LogP contribution is 2.10. The van der Waals surface area contributed by atoms with Crippen LogP contribution in [0.2, 0.25) is 0 Å². The van der Waals surface area contributed by atoms with E-state index in [0.29, 0.717) is 6.54 Å². The van der Waals surface area contributed by atoms with E-state index in [9.17, 15) is 9.59 Å². The smallest absolute Gasteiger partial charge is 0.329 e. The largest absolute Gasteiger partial charge is 0.458 e. The fraction of sp³-hybridized carbons (Fsp3) is 0.714. The van der Waals surface area contributed by atoms with Crippen LogP contribution in [0, 0.1) is 0 Å². The van der Waals surface area contributed by atoms with Crippen molar-refractivity contribution in [3.05, 3.63) is 12.2 Å². The lowest BCUT2D eigenvalue weighted by atomic mass is 10.2. The maximum atomic E-state index is 11.8. The Morgan fingerprint density at radius 2 is 1.74 bits per heavy atom. The standard InChI is InChI=1S/C14H26N2O3/c1-11(13(18)19-14(2,3)4)16(7)12(17)9-8-10-15(5)6/h8-9,11H,10H2,1-7H3/b9-8+/t11-/m0/s1. The summed E-state index contributed by atoms with van der Waals surface area (Å²) in [5, 5.41) is 0. The Bertz CT molecular complexity index is 343. The lowest BCUT2D eigenvalue weighted by molar-refractivity contribution is -0.162. The van der Waals surface area contributed by atoms with Crippen molar-refractivity contribution in [1.29, 1.82) is 0 Å². The second-order valence-electron chi connectivity index (χ2n) is 5.82. The highest BCUT2D eigenvalue weighted by atomic mass is 16.6. The molecule has 0 fully saturated rings. The van der Waals surface area contributed by atoms with E-state index in [-0.39, 0.29) is 5.91 Å². The molecule has 0 N–H and O–H groups in total. The average Bonchev–Trinajstić information content (AvgIpc) is 2.23. The number of rotatable bonds is 5. The Morgan fingerprint density at radius 1 is 1.21 bits per heavy atom. The van der Waals surface area contributed by atoms with Crippen molar-refractivity contribution >= 4 is 11.9 Å². The molecule has 0 aromatic rings. The normalized spacial score (nSPS) is 13.7. The van der Waals surface area contributed by atoms with Crippen molar-refractivity contribution in [2.75, 3.05) is 27.7 Å². The molecule has 5 nitrogen and oxygen atoms in total. The van der Waals surface area contributed by atoms with Crippen LogP contribution in [0.15, 0.2) is 12.2 Å². The lowest BCUT2D eigenvalue weighted by Gasteiger charge is -2.27. The van der Waals surface area contributed by atoms with E-state index < -0.39 is 17.6 Å². The van der Waals surface area contributed by atoms with Gasteiger partial charge in [0.05, 0.1) is 0 Å². The number of ether oxygens (including phenoxy) is 1. The third kappa shape index (κ3) is 7.62. The molecular weight excluding hydrogens is 244 g/mol. The molecule has 0 rings (SSSR count). The number of likely N-dealkylation sites (N-methyl/N-ethyl adjacent to an activating group) is 2. The van der Waals surface area contributed by atoms with Crippen molar-refractivity contribution < 1.29 is 14.3 Å². The second-order valence-corrected chi connectivity index (χ2v) is 5.82. The van der Waals surface area contributed by atoms with Gasteiger partial charge in [-0.1, -0.05) is 6.08 Å². The van der Waals surface area contributed by atoms with Gasteiger partial charge in [-0.15, -0.1) is 0 Å². The minimum Gasteiger partial charge on any atom is -0.458 e. The number of carbonyl (C=O) groups is 2. The van der Waals surface area contributed by atoms with Crippen molar-refractivity contribution in [2.45, 2.75) is 39.3 Å². The first-order valence-corrected chi connectivity index (χ1v) is 6.35. The Hall–Kier alpha value is -1.36. The van der Waals surface area contributed by atoms with Gasteiger partial charge in [0.25, 0.3) is 0 Å². The Morgan fingerprint density at radius 3 is 2.16 bits per heavy atom. The first-order valence-electron chi connectivity index (χ1n) is 6.35. The van der Waals surface area contributed by atoms with Gasteiger partial charge in [-0.2, -0.15) is 0 Å². The molecule has 0 aliphatic carbocycles. The van der Waals surface area contributed by atoms with E-state index in [0.717, 1.165) is 0 Å². The Balaban J connectivity index is 4.47. The molecule has 1 amide bonds. The number of hydrogen-bond acceptors (Lipinski definition) is 4. The summed E-state index contributed by atoms with van der Waals surface area (Å²) in [7, 11) is 5.43. The summed E-state index contributed by atoms with van der Waals surface area (Å²) in [6.45, 7) is 7.75. The lowest BCUT2D eigenvalue weighted by Crippen LogP contribution is -2.42. The summed E-state index contributed by atoms with van der Waals surface area (Å²) >= 11 is 0. The van der Waals surface area contributed by atoms with E-state index in [1.54, 1.807) is 40.8 Å². The summed E-state index contributed by atoms with van der Waals surface area (Å²) in [6, 6.07) is -0.601. The monoisotopic (exact) mass is 270 g/mol. The van der Waals surface area contributed by atoms with Crippen LogP contribution in [0.5, 0.6) is 0 Å². The third-order valence-corrected chi connectivity index (χ3v) is 2.41. The van der Waals surface area contributed by atoms with Gasteiger partial charge in [-0.25, -0.2) is 4.79 Å². The Kier molecular flexibility index (Phi) is 6.76. The van der Waals surface area contributed by atoms with E-state index >= 15 is 0 Å². The number of nitrogens with zero attached hydrogens (tertiary/aromatic N) is 2. The zero-order chi connectivity index (χ0) is 15.2. The molecule has 0 aromatic carbocycles. The molecule has 5 heteroatoms. The van der Waals surface area contributed by atoms with Crippen molar-refractivity contribution in [1.82, 2.24) is 9.80 Å². The number of carbonyl (C=O) groups excluding carboxylic acids is 2. The second kappa shape index (κ2) is 7.28. The third-order valence-electron chi connectivity index (χ3n) is 2.41. The van der Waals surface area contributed by atoms with Crippen LogP contribution in [-0.2, 0) is 14.3 Å². The van der Waals surface area contributed by atoms with Crippen LogP contribution in [-0.4, -0.2) is 61.0 Å².